The molecule has 4 N–H and O–H groups in total. The first-order chi connectivity index (χ1) is 9.10. The number of aryl methyl sites for hydroxylation is 1. The summed E-state index contributed by atoms with van der Waals surface area (Å²) in [7, 11) is 0. The molecule has 1 atom stereocenters. The zero-order valence-electron chi connectivity index (χ0n) is 10.3. The topological polar surface area (TPSA) is 101 Å². The zero-order chi connectivity index (χ0) is 13.8. The van der Waals surface area contributed by atoms with Crippen LogP contribution in [0.3, 0.4) is 0 Å². The highest BCUT2D eigenvalue weighted by Crippen LogP contribution is 2.21. The van der Waals surface area contributed by atoms with Crippen molar-refractivity contribution in [2.24, 2.45) is 5.73 Å². The summed E-state index contributed by atoms with van der Waals surface area (Å²) < 4.78 is 0. The van der Waals surface area contributed by atoms with Crippen LogP contribution in [0.2, 0.25) is 0 Å². The predicted octanol–water partition coefficient (Wildman–Crippen LogP) is 1.86. The van der Waals surface area contributed by atoms with Gasteiger partial charge in [0.15, 0.2) is 5.13 Å². The number of aliphatic carboxylic acids is 1. The van der Waals surface area contributed by atoms with Gasteiger partial charge in [-0.1, -0.05) is 6.92 Å². The first-order valence-electron chi connectivity index (χ1n) is 5.71. The standard InChI is InChI=1S/C11H14N4O2S2/c1-2-6-3-13-8(19-6)4-14-11-15-7(5-18-11)9(12)10(16)17/h3,5,9H,2,4,12H2,1H3,(H,14,15)(H,16,17). The Kier molecular flexibility index (Phi) is 4.46. The van der Waals surface area contributed by atoms with Crippen molar-refractivity contribution < 1.29 is 9.90 Å². The predicted molar refractivity (Wildman–Crippen MR) is 75.5 cm³/mol. The molecule has 0 aliphatic carbocycles. The van der Waals surface area contributed by atoms with E-state index < -0.39 is 12.0 Å². The van der Waals surface area contributed by atoms with Gasteiger partial charge >= 0.3 is 5.97 Å². The average molecular weight is 298 g/mol. The van der Waals surface area contributed by atoms with E-state index in [-0.39, 0.29) is 0 Å². The minimum atomic E-state index is -1.08. The van der Waals surface area contributed by atoms with E-state index in [0.29, 0.717) is 17.4 Å². The van der Waals surface area contributed by atoms with Crippen LogP contribution in [-0.4, -0.2) is 21.0 Å². The van der Waals surface area contributed by atoms with E-state index in [1.165, 1.54) is 16.2 Å². The van der Waals surface area contributed by atoms with E-state index in [4.69, 9.17) is 10.8 Å². The van der Waals surface area contributed by atoms with E-state index in [0.717, 1.165) is 11.4 Å². The van der Waals surface area contributed by atoms with Gasteiger partial charge in [0.1, 0.15) is 11.0 Å². The second-order valence-corrected chi connectivity index (χ2v) is 5.88. The Hall–Kier alpha value is -1.51. The molecule has 0 bridgehead atoms. The molecule has 0 amide bonds. The number of nitrogens with zero attached hydrogens (tertiary/aromatic N) is 2. The number of anilines is 1. The second kappa shape index (κ2) is 6.09. The summed E-state index contributed by atoms with van der Waals surface area (Å²) in [6, 6.07) is -1.07. The first-order valence-corrected chi connectivity index (χ1v) is 7.41. The van der Waals surface area contributed by atoms with Crippen LogP contribution in [0.5, 0.6) is 0 Å². The summed E-state index contributed by atoms with van der Waals surface area (Å²) >= 11 is 2.99. The van der Waals surface area contributed by atoms with Gasteiger partial charge in [0, 0.05) is 16.5 Å². The van der Waals surface area contributed by atoms with Crippen molar-refractivity contribution >= 4 is 33.8 Å². The van der Waals surface area contributed by atoms with Crippen LogP contribution >= 0.6 is 22.7 Å². The third-order valence-corrected chi connectivity index (χ3v) is 4.41. The number of hydrogen-bond acceptors (Lipinski definition) is 7. The molecule has 0 aliphatic heterocycles. The number of hydrogen-bond donors (Lipinski definition) is 3. The number of nitrogens with two attached hydrogens (primary N) is 1. The SMILES string of the molecule is CCc1cnc(CNc2nc(C(N)C(=O)O)cs2)s1. The third-order valence-electron chi connectivity index (χ3n) is 2.45. The van der Waals surface area contributed by atoms with E-state index >= 15 is 0 Å². The molecular formula is C11H14N4O2S2. The van der Waals surface area contributed by atoms with Crippen LogP contribution in [0, 0.1) is 0 Å². The van der Waals surface area contributed by atoms with Gasteiger partial charge in [0.25, 0.3) is 0 Å². The van der Waals surface area contributed by atoms with Gasteiger partial charge in [-0.15, -0.1) is 22.7 Å². The average Bonchev–Trinajstić information content (AvgIpc) is 3.04. The minimum absolute atomic E-state index is 0.369. The number of thiazole rings is 2. The van der Waals surface area contributed by atoms with Crippen LogP contribution in [0.1, 0.15) is 28.5 Å². The van der Waals surface area contributed by atoms with Crippen molar-refractivity contribution in [3.05, 3.63) is 27.2 Å². The van der Waals surface area contributed by atoms with Crippen molar-refractivity contribution in [1.82, 2.24) is 9.97 Å². The zero-order valence-corrected chi connectivity index (χ0v) is 11.9. The number of rotatable bonds is 6. The molecule has 102 valence electrons. The largest absolute Gasteiger partial charge is 0.480 e. The summed E-state index contributed by atoms with van der Waals surface area (Å²) in [5.41, 5.74) is 5.86. The summed E-state index contributed by atoms with van der Waals surface area (Å²) in [5.74, 6) is -1.08. The van der Waals surface area contributed by atoms with E-state index in [1.807, 2.05) is 6.20 Å². The van der Waals surface area contributed by atoms with E-state index in [2.05, 4.69) is 22.2 Å². The number of carboxylic acid groups (broad SMARTS) is 1. The van der Waals surface area contributed by atoms with Crippen LogP contribution in [0.4, 0.5) is 5.13 Å². The monoisotopic (exact) mass is 298 g/mol. The van der Waals surface area contributed by atoms with Crippen LogP contribution < -0.4 is 11.1 Å². The highest BCUT2D eigenvalue weighted by atomic mass is 32.1. The Morgan fingerprint density at radius 1 is 1.63 bits per heavy atom. The Morgan fingerprint density at radius 3 is 3.05 bits per heavy atom. The highest BCUT2D eigenvalue weighted by molar-refractivity contribution is 7.13. The molecule has 8 heteroatoms. The Labute approximate surface area is 118 Å². The van der Waals surface area contributed by atoms with Gasteiger partial charge in [-0.2, -0.15) is 0 Å². The molecule has 1 unspecified atom stereocenters. The lowest BCUT2D eigenvalue weighted by molar-refractivity contribution is -0.138. The summed E-state index contributed by atoms with van der Waals surface area (Å²) in [6.07, 6.45) is 2.85. The van der Waals surface area contributed by atoms with Gasteiger partial charge in [-0.3, -0.25) is 4.79 Å². The minimum Gasteiger partial charge on any atom is -0.480 e. The number of aromatic nitrogens is 2. The van der Waals surface area contributed by atoms with Gasteiger partial charge < -0.3 is 16.2 Å². The molecule has 0 spiro atoms. The van der Waals surface area contributed by atoms with Gasteiger partial charge in [0.2, 0.25) is 0 Å². The molecule has 2 rings (SSSR count). The van der Waals surface area contributed by atoms with Crippen LogP contribution in [0.15, 0.2) is 11.6 Å². The molecule has 2 aromatic rings. The number of carboxylic acids is 1. The maximum Gasteiger partial charge on any atom is 0.326 e. The lowest BCUT2D eigenvalue weighted by Gasteiger charge is -2.01. The maximum absolute atomic E-state index is 10.7. The molecule has 2 heterocycles. The molecule has 0 aromatic carbocycles. The molecule has 2 aromatic heterocycles. The fourth-order valence-electron chi connectivity index (χ4n) is 1.38. The van der Waals surface area contributed by atoms with E-state index in [9.17, 15) is 4.79 Å². The normalized spacial score (nSPS) is 12.3. The molecule has 0 saturated heterocycles. The molecular weight excluding hydrogens is 284 g/mol. The van der Waals surface area contributed by atoms with Crippen molar-refractivity contribution in [1.29, 1.82) is 0 Å². The third kappa shape index (κ3) is 3.49. The van der Waals surface area contributed by atoms with Crippen LogP contribution in [0.25, 0.3) is 0 Å². The van der Waals surface area contributed by atoms with Gasteiger partial charge in [-0.05, 0) is 6.42 Å². The molecule has 6 nitrogen and oxygen atoms in total. The Bertz CT molecular complexity index is 567. The second-order valence-electron chi connectivity index (χ2n) is 3.82. The van der Waals surface area contributed by atoms with Gasteiger partial charge in [0.05, 0.1) is 12.2 Å². The first kappa shape index (κ1) is 13.9. The Balaban J connectivity index is 1.95. The fourth-order valence-corrected chi connectivity index (χ4v) is 2.93. The van der Waals surface area contributed by atoms with Crippen molar-refractivity contribution in [2.45, 2.75) is 25.9 Å². The summed E-state index contributed by atoms with van der Waals surface area (Å²) in [5, 5.41) is 15.2. The quantitative estimate of drug-likeness (QED) is 0.752. The smallest absolute Gasteiger partial charge is 0.326 e. The molecule has 0 fully saturated rings. The lowest BCUT2D eigenvalue weighted by Crippen LogP contribution is -2.20. The van der Waals surface area contributed by atoms with Crippen LogP contribution in [-0.2, 0) is 17.8 Å². The highest BCUT2D eigenvalue weighted by Gasteiger charge is 2.17. The summed E-state index contributed by atoms with van der Waals surface area (Å²) in [4.78, 5) is 20.4. The van der Waals surface area contributed by atoms with Crippen molar-refractivity contribution in [3.63, 3.8) is 0 Å². The summed E-state index contributed by atoms with van der Waals surface area (Å²) in [6.45, 7) is 2.67. The Morgan fingerprint density at radius 2 is 2.42 bits per heavy atom. The molecule has 0 aliphatic rings. The lowest BCUT2D eigenvalue weighted by atomic mass is 10.2. The molecule has 0 radical (unpaired) electrons. The van der Waals surface area contributed by atoms with Crippen molar-refractivity contribution in [2.75, 3.05) is 5.32 Å². The van der Waals surface area contributed by atoms with Gasteiger partial charge in [-0.25, -0.2) is 9.97 Å². The van der Waals surface area contributed by atoms with Crippen molar-refractivity contribution in [3.8, 4) is 0 Å². The molecule has 0 saturated carbocycles. The molecule has 19 heavy (non-hydrogen) atoms. The maximum atomic E-state index is 10.7. The fraction of sp³-hybridized carbons (Fsp3) is 0.364. The number of carbonyl (C=O) groups is 1. The number of nitrogens with one attached hydrogen (secondary N) is 1. The van der Waals surface area contributed by atoms with E-state index in [1.54, 1.807) is 16.7 Å².